The number of aliphatic hydroxyl groups is 1. The van der Waals surface area contributed by atoms with E-state index in [1.54, 1.807) is 24.3 Å². The van der Waals surface area contributed by atoms with Crippen molar-refractivity contribution in [2.75, 3.05) is 6.61 Å². The third-order valence-electron chi connectivity index (χ3n) is 3.61. The van der Waals surface area contributed by atoms with E-state index in [0.29, 0.717) is 23.7 Å². The van der Waals surface area contributed by atoms with E-state index in [-0.39, 0.29) is 12.7 Å². The van der Waals surface area contributed by atoms with E-state index in [1.807, 2.05) is 0 Å². The zero-order valence-corrected chi connectivity index (χ0v) is 13.9. The standard InChI is InChI=1S/C19H21F3O3/c1-2-3-15(12-13-23)24-17-8-10-18(11-9-17)25-16-6-4-14(5-7-16)19(20,21)22/h4-11,15,23H,2-3,12-13H2,1H3/t15-/m1/s1. The minimum Gasteiger partial charge on any atom is -0.490 e. The zero-order valence-electron chi connectivity index (χ0n) is 13.9. The van der Waals surface area contributed by atoms with Gasteiger partial charge in [0.1, 0.15) is 23.4 Å². The molecule has 0 aromatic heterocycles. The maximum absolute atomic E-state index is 12.5. The van der Waals surface area contributed by atoms with Gasteiger partial charge < -0.3 is 14.6 Å². The summed E-state index contributed by atoms with van der Waals surface area (Å²) < 4.78 is 49.0. The molecule has 0 aliphatic heterocycles. The fraction of sp³-hybridized carbons (Fsp3) is 0.368. The Morgan fingerprint density at radius 3 is 1.88 bits per heavy atom. The largest absolute Gasteiger partial charge is 0.490 e. The second-order valence-corrected chi connectivity index (χ2v) is 5.64. The molecule has 1 atom stereocenters. The van der Waals surface area contributed by atoms with Crippen LogP contribution >= 0.6 is 0 Å². The van der Waals surface area contributed by atoms with Crippen molar-refractivity contribution in [3.05, 3.63) is 54.1 Å². The molecule has 0 fully saturated rings. The molecule has 0 saturated heterocycles. The molecule has 1 N–H and O–H groups in total. The van der Waals surface area contributed by atoms with E-state index < -0.39 is 11.7 Å². The molecule has 0 heterocycles. The summed E-state index contributed by atoms with van der Waals surface area (Å²) in [5, 5.41) is 9.05. The second-order valence-electron chi connectivity index (χ2n) is 5.64. The first-order valence-corrected chi connectivity index (χ1v) is 8.15. The summed E-state index contributed by atoms with van der Waals surface area (Å²) in [5.74, 6) is 1.48. The fourth-order valence-corrected chi connectivity index (χ4v) is 2.35. The van der Waals surface area contributed by atoms with Gasteiger partial charge in [0.2, 0.25) is 0 Å². The van der Waals surface area contributed by atoms with Crippen LogP contribution in [0, 0.1) is 0 Å². The smallest absolute Gasteiger partial charge is 0.416 e. The Kier molecular flexibility index (Phi) is 6.70. The molecule has 0 spiro atoms. The molecule has 6 heteroatoms. The first kappa shape index (κ1) is 19.1. The van der Waals surface area contributed by atoms with Gasteiger partial charge in [-0.15, -0.1) is 0 Å². The Morgan fingerprint density at radius 1 is 0.880 bits per heavy atom. The lowest BCUT2D eigenvalue weighted by atomic mass is 10.1. The van der Waals surface area contributed by atoms with Crippen molar-refractivity contribution in [2.24, 2.45) is 0 Å². The lowest BCUT2D eigenvalue weighted by Crippen LogP contribution is -2.17. The van der Waals surface area contributed by atoms with Crippen molar-refractivity contribution in [2.45, 2.75) is 38.5 Å². The van der Waals surface area contributed by atoms with Crippen molar-refractivity contribution in [1.29, 1.82) is 0 Å². The minimum atomic E-state index is -4.36. The fourth-order valence-electron chi connectivity index (χ4n) is 2.35. The second kappa shape index (κ2) is 8.76. The van der Waals surface area contributed by atoms with E-state index in [1.165, 1.54) is 12.1 Å². The third kappa shape index (κ3) is 5.98. The topological polar surface area (TPSA) is 38.7 Å². The maximum atomic E-state index is 12.5. The van der Waals surface area contributed by atoms with E-state index >= 15 is 0 Å². The highest BCUT2D eigenvalue weighted by atomic mass is 19.4. The van der Waals surface area contributed by atoms with Crippen LogP contribution in [-0.4, -0.2) is 17.8 Å². The van der Waals surface area contributed by atoms with E-state index in [0.717, 1.165) is 25.0 Å². The zero-order chi connectivity index (χ0) is 18.3. The summed E-state index contributed by atoms with van der Waals surface area (Å²) in [6, 6.07) is 11.4. The van der Waals surface area contributed by atoms with Gasteiger partial charge >= 0.3 is 6.18 Å². The average molecular weight is 354 g/mol. The highest BCUT2D eigenvalue weighted by Crippen LogP contribution is 2.31. The number of hydrogen-bond acceptors (Lipinski definition) is 3. The van der Waals surface area contributed by atoms with Crippen molar-refractivity contribution in [3.8, 4) is 17.2 Å². The van der Waals surface area contributed by atoms with Crippen LogP contribution < -0.4 is 9.47 Å². The number of halogens is 3. The van der Waals surface area contributed by atoms with Crippen molar-refractivity contribution < 1.29 is 27.8 Å². The molecular weight excluding hydrogens is 333 g/mol. The van der Waals surface area contributed by atoms with Gasteiger partial charge in [0, 0.05) is 13.0 Å². The summed E-state index contributed by atoms with van der Waals surface area (Å²) in [6.45, 7) is 2.12. The molecule has 2 rings (SSSR count). The lowest BCUT2D eigenvalue weighted by molar-refractivity contribution is -0.137. The minimum absolute atomic E-state index is 0.0447. The molecule has 0 saturated carbocycles. The van der Waals surface area contributed by atoms with E-state index in [9.17, 15) is 13.2 Å². The van der Waals surface area contributed by atoms with Gasteiger partial charge in [0.05, 0.1) is 5.56 Å². The number of hydrogen-bond donors (Lipinski definition) is 1. The highest BCUT2D eigenvalue weighted by Gasteiger charge is 2.30. The van der Waals surface area contributed by atoms with E-state index in [2.05, 4.69) is 6.92 Å². The number of rotatable bonds is 8. The SMILES string of the molecule is CCC[C@H](CCO)Oc1ccc(Oc2ccc(C(F)(F)F)cc2)cc1. The molecular formula is C19H21F3O3. The molecule has 0 aliphatic rings. The summed E-state index contributed by atoms with van der Waals surface area (Å²) in [4.78, 5) is 0. The van der Waals surface area contributed by atoms with Gasteiger partial charge in [-0.3, -0.25) is 0 Å². The van der Waals surface area contributed by atoms with Gasteiger partial charge in [-0.05, 0) is 55.0 Å². The third-order valence-corrected chi connectivity index (χ3v) is 3.61. The molecule has 2 aromatic carbocycles. The van der Waals surface area contributed by atoms with Gasteiger partial charge in [-0.25, -0.2) is 0 Å². The van der Waals surface area contributed by atoms with Crippen molar-refractivity contribution in [1.82, 2.24) is 0 Å². The summed E-state index contributed by atoms with van der Waals surface area (Å²) in [6.07, 6.45) is -2.03. The Hall–Kier alpha value is -2.21. The summed E-state index contributed by atoms with van der Waals surface area (Å²) >= 11 is 0. The van der Waals surface area contributed by atoms with Gasteiger partial charge in [0.15, 0.2) is 0 Å². The Labute approximate surface area is 145 Å². The number of alkyl halides is 3. The molecule has 0 unspecified atom stereocenters. The number of ether oxygens (including phenoxy) is 2. The molecule has 0 amide bonds. The predicted molar refractivity (Wildman–Crippen MR) is 89.0 cm³/mol. The molecule has 2 aromatic rings. The summed E-state index contributed by atoms with van der Waals surface area (Å²) in [5.41, 5.74) is -0.713. The van der Waals surface area contributed by atoms with Gasteiger partial charge in [-0.1, -0.05) is 13.3 Å². The van der Waals surface area contributed by atoms with Crippen LogP contribution in [0.5, 0.6) is 17.2 Å². The molecule has 0 bridgehead atoms. The molecule has 136 valence electrons. The molecule has 25 heavy (non-hydrogen) atoms. The maximum Gasteiger partial charge on any atom is 0.416 e. The number of benzene rings is 2. The van der Waals surface area contributed by atoms with E-state index in [4.69, 9.17) is 14.6 Å². The first-order chi connectivity index (χ1) is 11.9. The quantitative estimate of drug-likeness (QED) is 0.687. The normalized spacial score (nSPS) is 12.7. The van der Waals surface area contributed by atoms with Crippen LogP contribution in [0.4, 0.5) is 13.2 Å². The van der Waals surface area contributed by atoms with Crippen molar-refractivity contribution in [3.63, 3.8) is 0 Å². The summed E-state index contributed by atoms with van der Waals surface area (Å²) in [7, 11) is 0. The predicted octanol–water partition coefficient (Wildman–Crippen LogP) is 5.43. The van der Waals surface area contributed by atoms with Crippen molar-refractivity contribution >= 4 is 0 Å². The highest BCUT2D eigenvalue weighted by molar-refractivity contribution is 5.36. The first-order valence-electron chi connectivity index (χ1n) is 8.15. The molecule has 0 aliphatic carbocycles. The average Bonchev–Trinajstić information content (AvgIpc) is 2.57. The van der Waals surface area contributed by atoms with Crippen LogP contribution in [0.2, 0.25) is 0 Å². The Morgan fingerprint density at radius 2 is 1.40 bits per heavy atom. The molecule has 0 radical (unpaired) electrons. The Balaban J connectivity index is 1.98. The number of aliphatic hydroxyl groups excluding tert-OH is 1. The Bertz CT molecular complexity index is 630. The molecule has 3 nitrogen and oxygen atoms in total. The van der Waals surface area contributed by atoms with Crippen LogP contribution in [0.1, 0.15) is 31.7 Å². The van der Waals surface area contributed by atoms with Gasteiger partial charge in [0.25, 0.3) is 0 Å². The lowest BCUT2D eigenvalue weighted by Gasteiger charge is -2.18. The van der Waals surface area contributed by atoms with Crippen LogP contribution in [0.15, 0.2) is 48.5 Å². The monoisotopic (exact) mass is 354 g/mol. The van der Waals surface area contributed by atoms with Crippen LogP contribution in [0.25, 0.3) is 0 Å². The van der Waals surface area contributed by atoms with Crippen LogP contribution in [0.3, 0.4) is 0 Å². The van der Waals surface area contributed by atoms with Gasteiger partial charge in [-0.2, -0.15) is 13.2 Å². The van der Waals surface area contributed by atoms with Crippen LogP contribution in [-0.2, 0) is 6.18 Å².